The molecule has 0 bridgehead atoms. The number of alkyl halides is 3. The second-order valence-corrected chi connectivity index (χ2v) is 6.36. The number of carbonyl (C=O) groups excluding carboxylic acids is 1. The van der Waals surface area contributed by atoms with Crippen LogP contribution in [0.4, 0.5) is 22.0 Å². The Morgan fingerprint density at radius 3 is 2.43 bits per heavy atom. The highest BCUT2D eigenvalue weighted by Crippen LogP contribution is 2.42. The van der Waals surface area contributed by atoms with Gasteiger partial charge in [0.05, 0.1) is 17.6 Å². The fourth-order valence-electron chi connectivity index (χ4n) is 2.64. The number of hydrogen-bond acceptors (Lipinski definition) is 5. The largest absolute Gasteiger partial charge is 0.479 e. The molecule has 0 atom stereocenters. The molecule has 0 spiro atoms. The standard InChI is InChI=1S/C18H11F5O4S/c1-25-8-10-6-13-14(15(20)17(10)27-28-18(21,22)23)12(7-24)16(26-13)9-2-4-11(19)5-3-9/h2-7H,8H2,1H3. The van der Waals surface area contributed by atoms with Crippen molar-refractivity contribution < 1.29 is 40.1 Å². The van der Waals surface area contributed by atoms with E-state index in [4.69, 9.17) is 9.15 Å². The SMILES string of the molecule is COCc1cc2oc(-c3ccc(F)cc3)c(C=O)c2c(F)c1OSC(F)(F)F. The van der Waals surface area contributed by atoms with E-state index < -0.39 is 34.9 Å². The highest BCUT2D eigenvalue weighted by molar-refractivity contribution is 7.95. The van der Waals surface area contributed by atoms with Gasteiger partial charge in [0.15, 0.2) is 29.9 Å². The lowest BCUT2D eigenvalue weighted by Gasteiger charge is -2.12. The smallest absolute Gasteiger partial charge is 0.455 e. The number of hydrogen-bond donors (Lipinski definition) is 0. The van der Waals surface area contributed by atoms with Crippen LogP contribution in [0.1, 0.15) is 15.9 Å². The van der Waals surface area contributed by atoms with Gasteiger partial charge in [-0.25, -0.2) is 8.78 Å². The number of carbonyl (C=O) groups is 1. The van der Waals surface area contributed by atoms with Crippen LogP contribution < -0.4 is 4.18 Å². The van der Waals surface area contributed by atoms with Crippen LogP contribution in [0.5, 0.6) is 5.75 Å². The number of ether oxygens (including phenoxy) is 1. The van der Waals surface area contributed by atoms with Gasteiger partial charge >= 0.3 is 5.51 Å². The number of halogens is 5. The van der Waals surface area contributed by atoms with Crippen LogP contribution in [-0.2, 0) is 11.3 Å². The summed E-state index contributed by atoms with van der Waals surface area (Å²) in [6.07, 6.45) is 0.310. The Kier molecular flexibility index (Phi) is 5.61. The van der Waals surface area contributed by atoms with Gasteiger partial charge in [-0.05, 0) is 30.3 Å². The van der Waals surface area contributed by atoms with E-state index in [1.54, 1.807) is 0 Å². The zero-order valence-corrected chi connectivity index (χ0v) is 14.9. The summed E-state index contributed by atoms with van der Waals surface area (Å²) >= 11 is -0.889. The third kappa shape index (κ3) is 3.97. The molecule has 148 valence electrons. The predicted molar refractivity (Wildman–Crippen MR) is 91.9 cm³/mol. The quantitative estimate of drug-likeness (QED) is 0.284. The summed E-state index contributed by atoms with van der Waals surface area (Å²) in [6, 6.07) is 6.13. The molecule has 1 heterocycles. The molecule has 3 rings (SSSR count). The highest BCUT2D eigenvalue weighted by Gasteiger charge is 2.33. The summed E-state index contributed by atoms with van der Waals surface area (Å²) < 4.78 is 80.6. The van der Waals surface area contributed by atoms with E-state index >= 15 is 4.39 Å². The van der Waals surface area contributed by atoms with E-state index in [2.05, 4.69) is 4.18 Å². The first kappa shape index (κ1) is 20.2. The summed E-state index contributed by atoms with van der Waals surface area (Å²) in [5.74, 6) is -2.49. The lowest BCUT2D eigenvalue weighted by Crippen LogP contribution is -2.05. The van der Waals surface area contributed by atoms with E-state index in [0.717, 1.165) is 12.1 Å². The molecule has 0 saturated heterocycles. The van der Waals surface area contributed by atoms with Crippen LogP contribution in [0.2, 0.25) is 0 Å². The van der Waals surface area contributed by atoms with Crippen LogP contribution in [0, 0.1) is 11.6 Å². The molecule has 0 amide bonds. The fraction of sp³-hybridized carbons (Fsp3) is 0.167. The van der Waals surface area contributed by atoms with Gasteiger partial charge in [0.2, 0.25) is 0 Å². The molecule has 28 heavy (non-hydrogen) atoms. The van der Waals surface area contributed by atoms with Gasteiger partial charge in [-0.15, -0.1) is 0 Å². The molecular weight excluding hydrogens is 407 g/mol. The second-order valence-electron chi connectivity index (χ2n) is 5.57. The van der Waals surface area contributed by atoms with Gasteiger partial charge in [0, 0.05) is 18.2 Å². The third-order valence-corrected chi connectivity index (χ3v) is 4.17. The number of aldehydes is 1. The first-order valence-electron chi connectivity index (χ1n) is 7.65. The summed E-state index contributed by atoms with van der Waals surface area (Å²) in [7, 11) is 1.27. The maximum Gasteiger partial charge on any atom is 0.479 e. The van der Waals surface area contributed by atoms with Crippen molar-refractivity contribution in [2.75, 3.05) is 7.11 Å². The first-order valence-corrected chi connectivity index (χ1v) is 8.39. The van der Waals surface area contributed by atoms with Gasteiger partial charge in [0.25, 0.3) is 0 Å². The minimum Gasteiger partial charge on any atom is -0.455 e. The lowest BCUT2D eigenvalue weighted by atomic mass is 10.0. The molecule has 3 aromatic rings. The molecule has 0 N–H and O–H groups in total. The molecular formula is C18H11F5O4S. The number of fused-ring (bicyclic) bond motifs is 1. The molecule has 2 aromatic carbocycles. The third-order valence-electron chi connectivity index (χ3n) is 3.73. The minimum absolute atomic E-state index is 0.0406. The zero-order valence-electron chi connectivity index (χ0n) is 14.1. The molecule has 0 aliphatic rings. The van der Waals surface area contributed by atoms with Crippen LogP contribution >= 0.6 is 12.0 Å². The number of furan rings is 1. The van der Waals surface area contributed by atoms with Gasteiger partial charge in [-0.2, -0.15) is 13.2 Å². The summed E-state index contributed by atoms with van der Waals surface area (Å²) in [5.41, 5.74) is -4.84. The predicted octanol–water partition coefficient (Wildman–Crippen LogP) is 5.88. The van der Waals surface area contributed by atoms with E-state index in [1.807, 2.05) is 0 Å². The molecule has 0 unspecified atom stereocenters. The minimum atomic E-state index is -4.77. The first-order chi connectivity index (χ1) is 13.2. The normalized spacial score (nSPS) is 11.8. The topological polar surface area (TPSA) is 48.7 Å². The zero-order chi connectivity index (χ0) is 20.5. The summed E-state index contributed by atoms with van der Waals surface area (Å²) in [5, 5.41) is -0.341. The van der Waals surface area contributed by atoms with Crippen molar-refractivity contribution in [3.05, 3.63) is 53.1 Å². The Morgan fingerprint density at radius 1 is 1.18 bits per heavy atom. The monoisotopic (exact) mass is 418 g/mol. The summed E-state index contributed by atoms with van der Waals surface area (Å²) in [4.78, 5) is 11.6. The van der Waals surface area contributed by atoms with Gasteiger partial charge in [-0.3, -0.25) is 4.79 Å². The Labute approximate surface area is 159 Å². The van der Waals surface area contributed by atoms with E-state index in [-0.39, 0.29) is 34.5 Å². The van der Waals surface area contributed by atoms with Crippen molar-refractivity contribution in [3.63, 3.8) is 0 Å². The molecule has 0 saturated carbocycles. The van der Waals surface area contributed by atoms with Crippen molar-refractivity contribution in [1.82, 2.24) is 0 Å². The Morgan fingerprint density at radius 2 is 1.86 bits per heavy atom. The number of rotatable bonds is 6. The Balaban J connectivity index is 2.21. The van der Waals surface area contributed by atoms with E-state index in [0.29, 0.717) is 11.8 Å². The molecule has 1 aromatic heterocycles. The van der Waals surface area contributed by atoms with Crippen molar-refractivity contribution in [2.24, 2.45) is 0 Å². The van der Waals surface area contributed by atoms with Crippen LogP contribution in [0.25, 0.3) is 22.3 Å². The Hall–Kier alpha value is -2.59. The summed E-state index contributed by atoms with van der Waals surface area (Å²) in [6.45, 7) is -0.260. The molecule has 0 aliphatic carbocycles. The average molecular weight is 418 g/mol. The van der Waals surface area contributed by atoms with Crippen molar-refractivity contribution >= 4 is 29.3 Å². The lowest BCUT2D eigenvalue weighted by molar-refractivity contribution is -0.0370. The van der Waals surface area contributed by atoms with Crippen LogP contribution in [0.3, 0.4) is 0 Å². The molecule has 0 aliphatic heterocycles. The molecule has 0 radical (unpaired) electrons. The van der Waals surface area contributed by atoms with E-state index in [9.17, 15) is 22.4 Å². The molecule has 10 heteroatoms. The van der Waals surface area contributed by atoms with Crippen molar-refractivity contribution in [2.45, 2.75) is 12.1 Å². The number of methoxy groups -OCH3 is 1. The highest BCUT2D eigenvalue weighted by atomic mass is 32.2. The molecule has 0 fully saturated rings. The van der Waals surface area contributed by atoms with Crippen LogP contribution in [0.15, 0.2) is 34.7 Å². The van der Waals surface area contributed by atoms with Crippen LogP contribution in [-0.4, -0.2) is 18.9 Å². The van der Waals surface area contributed by atoms with E-state index in [1.165, 1.54) is 25.3 Å². The maximum absolute atomic E-state index is 15.0. The average Bonchev–Trinajstić information content (AvgIpc) is 3.00. The maximum atomic E-state index is 15.0. The van der Waals surface area contributed by atoms with Gasteiger partial charge < -0.3 is 13.3 Å². The fourth-order valence-corrected chi connectivity index (χ4v) is 3.00. The van der Waals surface area contributed by atoms with Crippen molar-refractivity contribution in [1.29, 1.82) is 0 Å². The van der Waals surface area contributed by atoms with Crippen molar-refractivity contribution in [3.8, 4) is 17.1 Å². The van der Waals surface area contributed by atoms with Gasteiger partial charge in [0.1, 0.15) is 17.2 Å². The van der Waals surface area contributed by atoms with Gasteiger partial charge in [-0.1, -0.05) is 0 Å². The Bertz CT molecular complexity index is 1010. The number of benzene rings is 2. The molecule has 4 nitrogen and oxygen atoms in total. The second kappa shape index (κ2) is 7.80.